The molecule has 5 heteroatoms. The Hall–Kier alpha value is -1.29. The summed E-state index contributed by atoms with van der Waals surface area (Å²) in [6, 6.07) is 0. The maximum absolute atomic E-state index is 11.7. The summed E-state index contributed by atoms with van der Waals surface area (Å²) < 4.78 is 5.22. The van der Waals surface area contributed by atoms with E-state index in [2.05, 4.69) is 10.3 Å². The molecular weight excluding hydrogens is 252 g/mol. The van der Waals surface area contributed by atoms with Gasteiger partial charge in [-0.05, 0) is 51.2 Å². The SMILES string of the molecule is CC(C)(C)OC(=O)Nc1cnc(Cl)c2c1CCC2. The zero-order chi connectivity index (χ0) is 13.3. The predicted octanol–water partition coefficient (Wildman–Crippen LogP) is 3.57. The number of aromatic nitrogens is 1. The molecule has 0 bridgehead atoms. The third-order valence-electron chi connectivity index (χ3n) is 2.73. The third-order valence-corrected chi connectivity index (χ3v) is 3.06. The molecule has 1 aromatic rings. The Balaban J connectivity index is 2.16. The molecule has 0 unspecified atom stereocenters. The molecule has 0 fully saturated rings. The molecule has 0 atom stereocenters. The van der Waals surface area contributed by atoms with Gasteiger partial charge in [-0.3, -0.25) is 5.32 Å². The minimum atomic E-state index is -0.507. The molecule has 1 amide bonds. The monoisotopic (exact) mass is 268 g/mol. The van der Waals surface area contributed by atoms with Crippen molar-refractivity contribution in [3.05, 3.63) is 22.5 Å². The van der Waals surface area contributed by atoms with Crippen molar-refractivity contribution in [3.63, 3.8) is 0 Å². The van der Waals surface area contributed by atoms with E-state index in [1.54, 1.807) is 6.20 Å². The standard InChI is InChI=1S/C13H17ClN2O2/c1-13(2,3)18-12(17)16-10-7-15-11(14)9-6-4-5-8(9)10/h7H,4-6H2,1-3H3,(H,16,17). The molecule has 0 saturated carbocycles. The lowest BCUT2D eigenvalue weighted by Gasteiger charge is -2.20. The van der Waals surface area contributed by atoms with Gasteiger partial charge < -0.3 is 4.74 Å². The number of nitrogens with one attached hydrogen (secondary N) is 1. The highest BCUT2D eigenvalue weighted by Gasteiger charge is 2.22. The quantitative estimate of drug-likeness (QED) is 0.792. The van der Waals surface area contributed by atoms with Crippen molar-refractivity contribution in [2.24, 2.45) is 0 Å². The first-order valence-corrected chi connectivity index (χ1v) is 6.41. The van der Waals surface area contributed by atoms with Crippen LogP contribution in [0.3, 0.4) is 0 Å². The van der Waals surface area contributed by atoms with Crippen LogP contribution in [0.15, 0.2) is 6.20 Å². The number of halogens is 1. The van der Waals surface area contributed by atoms with Crippen molar-refractivity contribution in [3.8, 4) is 0 Å². The fraction of sp³-hybridized carbons (Fsp3) is 0.538. The molecule has 0 spiro atoms. The molecule has 1 aliphatic carbocycles. The lowest BCUT2D eigenvalue weighted by atomic mass is 10.1. The number of carbonyl (C=O) groups excluding carboxylic acids is 1. The topological polar surface area (TPSA) is 51.2 Å². The third kappa shape index (κ3) is 2.93. The van der Waals surface area contributed by atoms with E-state index >= 15 is 0 Å². The number of anilines is 1. The Morgan fingerprint density at radius 2 is 2.06 bits per heavy atom. The highest BCUT2D eigenvalue weighted by atomic mass is 35.5. The van der Waals surface area contributed by atoms with Crippen LogP contribution in [-0.2, 0) is 17.6 Å². The molecule has 18 heavy (non-hydrogen) atoms. The van der Waals surface area contributed by atoms with Gasteiger partial charge in [-0.15, -0.1) is 0 Å². The molecule has 2 rings (SSSR count). The number of carbonyl (C=O) groups is 1. The second-order valence-electron chi connectivity index (χ2n) is 5.40. The van der Waals surface area contributed by atoms with Crippen LogP contribution >= 0.6 is 11.6 Å². The molecule has 0 aromatic carbocycles. The number of pyridine rings is 1. The van der Waals surface area contributed by atoms with E-state index in [0.717, 1.165) is 30.4 Å². The number of hydrogen-bond acceptors (Lipinski definition) is 3. The second kappa shape index (κ2) is 4.76. The van der Waals surface area contributed by atoms with E-state index in [4.69, 9.17) is 16.3 Å². The van der Waals surface area contributed by atoms with Crippen LogP contribution in [-0.4, -0.2) is 16.7 Å². The fourth-order valence-corrected chi connectivity index (χ4v) is 2.32. The number of ether oxygens (including phenoxy) is 1. The van der Waals surface area contributed by atoms with E-state index in [0.29, 0.717) is 10.8 Å². The van der Waals surface area contributed by atoms with Crippen molar-refractivity contribution >= 4 is 23.4 Å². The van der Waals surface area contributed by atoms with Gasteiger partial charge in [0.05, 0.1) is 11.9 Å². The summed E-state index contributed by atoms with van der Waals surface area (Å²) in [4.78, 5) is 15.8. The maximum Gasteiger partial charge on any atom is 0.412 e. The van der Waals surface area contributed by atoms with Crippen LogP contribution in [0.25, 0.3) is 0 Å². The number of fused-ring (bicyclic) bond motifs is 1. The van der Waals surface area contributed by atoms with Crippen LogP contribution in [0.1, 0.15) is 38.3 Å². The molecule has 0 radical (unpaired) electrons. The summed E-state index contributed by atoms with van der Waals surface area (Å²) in [5.41, 5.74) is 2.33. The molecule has 1 heterocycles. The molecule has 0 saturated heterocycles. The number of amides is 1. The van der Waals surface area contributed by atoms with E-state index in [9.17, 15) is 4.79 Å². The largest absolute Gasteiger partial charge is 0.444 e. The van der Waals surface area contributed by atoms with Gasteiger partial charge in [0.15, 0.2) is 0 Å². The summed E-state index contributed by atoms with van der Waals surface area (Å²) in [6.45, 7) is 5.49. The van der Waals surface area contributed by atoms with Crippen LogP contribution in [0.5, 0.6) is 0 Å². The highest BCUT2D eigenvalue weighted by molar-refractivity contribution is 6.30. The van der Waals surface area contributed by atoms with Gasteiger partial charge in [0, 0.05) is 0 Å². The Morgan fingerprint density at radius 3 is 2.72 bits per heavy atom. The number of rotatable bonds is 1. The normalized spacial score (nSPS) is 14.2. The molecule has 1 aliphatic rings. The minimum Gasteiger partial charge on any atom is -0.444 e. The average molecular weight is 269 g/mol. The zero-order valence-corrected chi connectivity index (χ0v) is 11.6. The van der Waals surface area contributed by atoms with Gasteiger partial charge in [0.1, 0.15) is 10.8 Å². The van der Waals surface area contributed by atoms with E-state index in [1.165, 1.54) is 0 Å². The Bertz CT molecular complexity index is 481. The molecule has 1 N–H and O–H groups in total. The predicted molar refractivity (Wildman–Crippen MR) is 71.1 cm³/mol. The van der Waals surface area contributed by atoms with Gasteiger partial charge in [-0.25, -0.2) is 9.78 Å². The van der Waals surface area contributed by atoms with Crippen LogP contribution < -0.4 is 5.32 Å². The van der Waals surface area contributed by atoms with Crippen LogP contribution in [0.2, 0.25) is 5.15 Å². The summed E-state index contributed by atoms with van der Waals surface area (Å²) in [5.74, 6) is 0. The van der Waals surface area contributed by atoms with Crippen LogP contribution in [0, 0.1) is 0 Å². The van der Waals surface area contributed by atoms with Crippen molar-refractivity contribution in [2.75, 3.05) is 5.32 Å². The van der Waals surface area contributed by atoms with Crippen molar-refractivity contribution < 1.29 is 9.53 Å². The first kappa shape index (κ1) is 13.1. The molecule has 0 aliphatic heterocycles. The Kier molecular flexibility index (Phi) is 3.48. The first-order valence-electron chi connectivity index (χ1n) is 6.03. The maximum atomic E-state index is 11.7. The lowest BCUT2D eigenvalue weighted by Crippen LogP contribution is -2.27. The summed E-state index contributed by atoms with van der Waals surface area (Å²) in [6.07, 6.45) is 4.02. The fourth-order valence-electron chi connectivity index (χ4n) is 2.07. The average Bonchev–Trinajstić information content (AvgIpc) is 2.69. The first-order chi connectivity index (χ1) is 8.37. The van der Waals surface area contributed by atoms with E-state index < -0.39 is 11.7 Å². The summed E-state index contributed by atoms with van der Waals surface area (Å²) >= 11 is 6.03. The summed E-state index contributed by atoms with van der Waals surface area (Å²) in [5, 5.41) is 3.28. The second-order valence-corrected chi connectivity index (χ2v) is 5.76. The van der Waals surface area contributed by atoms with Gasteiger partial charge >= 0.3 is 6.09 Å². The molecular formula is C13H17ClN2O2. The zero-order valence-electron chi connectivity index (χ0n) is 10.8. The van der Waals surface area contributed by atoms with Crippen molar-refractivity contribution in [2.45, 2.75) is 45.6 Å². The molecule has 4 nitrogen and oxygen atoms in total. The molecule has 1 aromatic heterocycles. The van der Waals surface area contributed by atoms with Gasteiger partial charge in [0.2, 0.25) is 0 Å². The Labute approximate surface area is 112 Å². The smallest absolute Gasteiger partial charge is 0.412 e. The van der Waals surface area contributed by atoms with Gasteiger partial charge in [-0.2, -0.15) is 0 Å². The van der Waals surface area contributed by atoms with Crippen molar-refractivity contribution in [1.82, 2.24) is 4.98 Å². The van der Waals surface area contributed by atoms with E-state index in [1.807, 2.05) is 20.8 Å². The van der Waals surface area contributed by atoms with Crippen LogP contribution in [0.4, 0.5) is 10.5 Å². The number of hydrogen-bond donors (Lipinski definition) is 1. The van der Waals surface area contributed by atoms with Gasteiger partial charge in [-0.1, -0.05) is 11.6 Å². The van der Waals surface area contributed by atoms with E-state index in [-0.39, 0.29) is 0 Å². The Morgan fingerprint density at radius 1 is 1.39 bits per heavy atom. The minimum absolute atomic E-state index is 0.458. The van der Waals surface area contributed by atoms with Gasteiger partial charge in [0.25, 0.3) is 0 Å². The summed E-state index contributed by atoms with van der Waals surface area (Å²) in [7, 11) is 0. The highest BCUT2D eigenvalue weighted by Crippen LogP contribution is 2.32. The lowest BCUT2D eigenvalue weighted by molar-refractivity contribution is 0.0635. The van der Waals surface area contributed by atoms with Crippen molar-refractivity contribution in [1.29, 1.82) is 0 Å². The number of nitrogens with zero attached hydrogens (tertiary/aromatic N) is 1. The molecule has 98 valence electrons.